The van der Waals surface area contributed by atoms with Crippen LogP contribution in [0.4, 0.5) is 22.0 Å². The van der Waals surface area contributed by atoms with Crippen LogP contribution in [0.2, 0.25) is 0 Å². The minimum Gasteiger partial charge on any atom is -0.419 e. The average Bonchev–Trinajstić information content (AvgIpc) is 2.30. The molecule has 0 aromatic heterocycles. The fourth-order valence-electron chi connectivity index (χ4n) is 0.497. The van der Waals surface area contributed by atoms with Gasteiger partial charge in [-0.1, -0.05) is 0 Å². The molecule has 1 heterocycles. The minimum absolute atomic E-state index is 1.85. The molecule has 0 aliphatic carbocycles. The maximum atomic E-state index is 12.1. The zero-order valence-electron chi connectivity index (χ0n) is 5.28. The van der Waals surface area contributed by atoms with Gasteiger partial charge in [0, 0.05) is 0 Å². The second-order valence-corrected chi connectivity index (χ2v) is 1.72. The summed E-state index contributed by atoms with van der Waals surface area (Å²) in [4.78, 5) is 0. The summed E-state index contributed by atoms with van der Waals surface area (Å²) in [6.07, 6.45) is -5.10. The molecular weight excluding hydrogens is 187 g/mol. The minimum atomic E-state index is -2.75. The van der Waals surface area contributed by atoms with Crippen LogP contribution in [0.15, 0.2) is 23.9 Å². The predicted molar refractivity (Wildman–Crippen MR) is 25.6 cm³/mol. The second kappa shape index (κ2) is 3.00. The molecule has 68 valence electrons. The van der Waals surface area contributed by atoms with E-state index in [1.807, 2.05) is 0 Å². The smallest absolute Gasteiger partial charge is 0.350 e. The van der Waals surface area contributed by atoms with E-state index in [2.05, 4.69) is 9.47 Å². The summed E-state index contributed by atoms with van der Waals surface area (Å²) in [6.45, 7) is 0. The number of rotatable bonds is 1. The summed E-state index contributed by atoms with van der Waals surface area (Å²) in [5.41, 5.74) is 0. The Balaban J connectivity index is 2.70. The van der Waals surface area contributed by atoms with Gasteiger partial charge in [0.2, 0.25) is 5.83 Å². The van der Waals surface area contributed by atoms with Crippen LogP contribution in [0.3, 0.4) is 0 Å². The van der Waals surface area contributed by atoms with E-state index in [4.69, 9.17) is 0 Å². The highest BCUT2D eigenvalue weighted by atomic mass is 19.3. The van der Waals surface area contributed by atoms with Gasteiger partial charge in [-0.05, 0) is 0 Å². The lowest BCUT2D eigenvalue weighted by molar-refractivity contribution is -0.0505. The fraction of sp³-hybridized carbons (Fsp3) is 0.200. The highest BCUT2D eigenvalue weighted by Gasteiger charge is 2.34. The van der Waals surface area contributed by atoms with Gasteiger partial charge in [0.25, 0.3) is 0 Å². The van der Waals surface area contributed by atoms with Crippen molar-refractivity contribution in [3.8, 4) is 0 Å². The van der Waals surface area contributed by atoms with Crippen molar-refractivity contribution >= 4 is 0 Å². The first-order chi connectivity index (χ1) is 5.52. The Hall–Kier alpha value is -1.27. The van der Waals surface area contributed by atoms with Crippen LogP contribution in [0.5, 0.6) is 0 Å². The highest BCUT2D eigenvalue weighted by molar-refractivity contribution is 5.03. The van der Waals surface area contributed by atoms with E-state index in [-0.39, 0.29) is 0 Å². The van der Waals surface area contributed by atoms with E-state index < -0.39 is 30.2 Å². The number of ether oxygens (including phenoxy) is 2. The number of hydrogen-bond acceptors (Lipinski definition) is 2. The molecule has 1 aliphatic heterocycles. The van der Waals surface area contributed by atoms with E-state index in [1.165, 1.54) is 0 Å². The summed E-state index contributed by atoms with van der Waals surface area (Å²) >= 11 is 0. The van der Waals surface area contributed by atoms with Crippen LogP contribution in [0.1, 0.15) is 0 Å². The van der Waals surface area contributed by atoms with Gasteiger partial charge < -0.3 is 9.47 Å². The third-order valence-corrected chi connectivity index (χ3v) is 0.963. The van der Waals surface area contributed by atoms with Gasteiger partial charge in [-0.3, -0.25) is 0 Å². The lowest BCUT2D eigenvalue weighted by Gasteiger charge is -2.04. The van der Waals surface area contributed by atoms with Gasteiger partial charge >= 0.3 is 24.4 Å². The van der Waals surface area contributed by atoms with Crippen LogP contribution in [-0.2, 0) is 9.47 Å². The van der Waals surface area contributed by atoms with Gasteiger partial charge in [-0.25, -0.2) is 0 Å². The first-order valence-corrected chi connectivity index (χ1v) is 2.61. The standard InChI is InChI=1S/C5HF5O2/c6-1(2(7)8)5-11-3(9)4(10)12-5/h5H. The molecule has 7 heteroatoms. The maximum absolute atomic E-state index is 12.1. The van der Waals surface area contributed by atoms with Crippen LogP contribution in [0, 0.1) is 0 Å². The van der Waals surface area contributed by atoms with Crippen molar-refractivity contribution in [3.63, 3.8) is 0 Å². The normalized spacial score (nSPS) is 17.4. The van der Waals surface area contributed by atoms with E-state index >= 15 is 0 Å². The molecule has 2 nitrogen and oxygen atoms in total. The van der Waals surface area contributed by atoms with Gasteiger partial charge in [-0.15, -0.1) is 0 Å². The topological polar surface area (TPSA) is 18.5 Å². The molecule has 1 aliphatic rings. The molecular formula is C5HF5O2. The Morgan fingerprint density at radius 2 is 1.42 bits per heavy atom. The summed E-state index contributed by atoms with van der Waals surface area (Å²) in [5.74, 6) is -2.15. The highest BCUT2D eigenvalue weighted by Crippen LogP contribution is 2.30. The molecule has 0 aromatic rings. The summed E-state index contributed by atoms with van der Waals surface area (Å²) in [7, 11) is 0. The van der Waals surface area contributed by atoms with Gasteiger partial charge in [0.15, 0.2) is 0 Å². The van der Waals surface area contributed by atoms with Crippen LogP contribution in [-0.4, -0.2) is 6.29 Å². The van der Waals surface area contributed by atoms with E-state index in [0.29, 0.717) is 0 Å². The molecule has 0 saturated carbocycles. The summed E-state index contributed by atoms with van der Waals surface area (Å²) in [5, 5.41) is 0. The summed E-state index contributed by atoms with van der Waals surface area (Å²) < 4.78 is 66.0. The Morgan fingerprint density at radius 3 is 1.75 bits per heavy atom. The first kappa shape index (κ1) is 8.82. The zero-order valence-corrected chi connectivity index (χ0v) is 5.28. The van der Waals surface area contributed by atoms with Gasteiger partial charge in [0.1, 0.15) is 0 Å². The van der Waals surface area contributed by atoms with Crippen molar-refractivity contribution in [1.29, 1.82) is 0 Å². The SMILES string of the molecule is FC(F)=C(F)C1OC(F)=C(F)O1. The van der Waals surface area contributed by atoms with Crippen LogP contribution < -0.4 is 0 Å². The number of halogens is 5. The zero-order chi connectivity index (χ0) is 9.30. The first-order valence-electron chi connectivity index (χ1n) is 2.61. The van der Waals surface area contributed by atoms with Crippen molar-refractivity contribution < 1.29 is 31.4 Å². The molecule has 1 rings (SSSR count). The lowest BCUT2D eigenvalue weighted by Crippen LogP contribution is -2.09. The molecule has 0 aromatic carbocycles. The molecule has 0 spiro atoms. The Bertz CT molecular complexity index is 241. The third-order valence-electron chi connectivity index (χ3n) is 0.963. The largest absolute Gasteiger partial charge is 0.419 e. The van der Waals surface area contributed by atoms with Gasteiger partial charge in [-0.2, -0.15) is 22.0 Å². The molecule has 0 atom stereocenters. The predicted octanol–water partition coefficient (Wildman–Crippen LogP) is 2.50. The quantitative estimate of drug-likeness (QED) is 0.588. The lowest BCUT2D eigenvalue weighted by atomic mass is 10.5. The second-order valence-electron chi connectivity index (χ2n) is 1.72. The fourth-order valence-corrected chi connectivity index (χ4v) is 0.497. The Kier molecular flexibility index (Phi) is 2.20. The maximum Gasteiger partial charge on any atom is 0.350 e. The van der Waals surface area contributed by atoms with Crippen molar-refractivity contribution in [2.24, 2.45) is 0 Å². The molecule has 0 saturated heterocycles. The van der Waals surface area contributed by atoms with E-state index in [9.17, 15) is 22.0 Å². The van der Waals surface area contributed by atoms with Crippen LogP contribution >= 0.6 is 0 Å². The molecule has 0 radical (unpaired) electrons. The third kappa shape index (κ3) is 1.49. The average molecular weight is 188 g/mol. The Morgan fingerprint density at radius 1 is 1.00 bits per heavy atom. The van der Waals surface area contributed by atoms with Crippen molar-refractivity contribution in [1.82, 2.24) is 0 Å². The Labute approximate surface area is 62.9 Å². The van der Waals surface area contributed by atoms with Crippen molar-refractivity contribution in [3.05, 3.63) is 23.9 Å². The molecule has 12 heavy (non-hydrogen) atoms. The monoisotopic (exact) mass is 188 g/mol. The molecule has 0 amide bonds. The van der Waals surface area contributed by atoms with Crippen LogP contribution in [0.25, 0.3) is 0 Å². The molecule has 0 fully saturated rings. The van der Waals surface area contributed by atoms with Crippen molar-refractivity contribution in [2.75, 3.05) is 0 Å². The van der Waals surface area contributed by atoms with Crippen molar-refractivity contribution in [2.45, 2.75) is 6.29 Å². The summed E-state index contributed by atoms with van der Waals surface area (Å²) in [6, 6.07) is -3.70. The van der Waals surface area contributed by atoms with Gasteiger partial charge in [0.05, 0.1) is 0 Å². The number of hydrogen-bond donors (Lipinski definition) is 0. The molecule has 0 N–H and O–H groups in total. The van der Waals surface area contributed by atoms with E-state index in [1.54, 1.807) is 0 Å². The molecule has 0 unspecified atom stereocenters. The van der Waals surface area contributed by atoms with E-state index in [0.717, 1.165) is 0 Å². The molecule has 0 bridgehead atoms.